The molecular formula is C11H20N2O3. The minimum absolute atomic E-state index is 0.0152. The van der Waals surface area contributed by atoms with E-state index in [2.05, 4.69) is 5.32 Å². The highest BCUT2D eigenvalue weighted by atomic mass is 16.6. The number of nitrogens with one attached hydrogen (secondary N) is 1. The van der Waals surface area contributed by atoms with E-state index in [4.69, 9.17) is 15.2 Å². The lowest BCUT2D eigenvalue weighted by molar-refractivity contribution is -0.146. The molecule has 1 heterocycles. The molecule has 0 aromatic carbocycles. The standard InChI is InChI=1S/C11H20N2O3/c1-8(2)6-13-10-4-3-9(16-10)7-15-11(14)5-12/h6,9-10,13H,3-5,7,12H2,1-2H3. The predicted molar refractivity (Wildman–Crippen MR) is 60.5 cm³/mol. The van der Waals surface area contributed by atoms with E-state index in [1.807, 2.05) is 20.0 Å². The normalized spacial score (nSPS) is 23.9. The molecular weight excluding hydrogens is 208 g/mol. The summed E-state index contributed by atoms with van der Waals surface area (Å²) in [7, 11) is 0. The average molecular weight is 228 g/mol. The third-order valence-corrected chi connectivity index (χ3v) is 2.26. The van der Waals surface area contributed by atoms with Crippen LogP contribution in [0, 0.1) is 0 Å². The van der Waals surface area contributed by atoms with Crippen molar-refractivity contribution >= 4 is 5.97 Å². The van der Waals surface area contributed by atoms with Crippen molar-refractivity contribution in [3.8, 4) is 0 Å². The molecule has 1 aliphatic rings. The summed E-state index contributed by atoms with van der Waals surface area (Å²) < 4.78 is 10.5. The highest BCUT2D eigenvalue weighted by Gasteiger charge is 2.25. The molecule has 1 aliphatic heterocycles. The number of carbonyl (C=O) groups excluding carboxylic acids is 1. The van der Waals surface area contributed by atoms with Crippen molar-refractivity contribution in [2.75, 3.05) is 13.2 Å². The number of allylic oxidation sites excluding steroid dienone is 1. The first kappa shape index (κ1) is 13.0. The number of rotatable bonds is 5. The van der Waals surface area contributed by atoms with Gasteiger partial charge in [0.15, 0.2) is 0 Å². The monoisotopic (exact) mass is 228 g/mol. The topological polar surface area (TPSA) is 73.6 Å². The molecule has 1 fully saturated rings. The molecule has 0 aromatic rings. The Bertz CT molecular complexity index is 262. The van der Waals surface area contributed by atoms with Gasteiger partial charge in [-0.1, -0.05) is 5.57 Å². The van der Waals surface area contributed by atoms with Gasteiger partial charge in [0.2, 0.25) is 0 Å². The van der Waals surface area contributed by atoms with Gasteiger partial charge in [0.25, 0.3) is 0 Å². The summed E-state index contributed by atoms with van der Waals surface area (Å²) in [5, 5.41) is 3.16. The highest BCUT2D eigenvalue weighted by Crippen LogP contribution is 2.18. The van der Waals surface area contributed by atoms with Crippen LogP contribution in [0.3, 0.4) is 0 Å². The van der Waals surface area contributed by atoms with Crippen LogP contribution in [0.1, 0.15) is 26.7 Å². The molecule has 0 radical (unpaired) electrons. The Labute approximate surface area is 96.0 Å². The van der Waals surface area contributed by atoms with Gasteiger partial charge in [0.1, 0.15) is 12.8 Å². The molecule has 0 amide bonds. The minimum Gasteiger partial charge on any atom is -0.462 e. The molecule has 0 saturated carbocycles. The van der Waals surface area contributed by atoms with Crippen molar-refractivity contribution in [1.82, 2.24) is 5.32 Å². The number of carbonyl (C=O) groups is 1. The van der Waals surface area contributed by atoms with Crippen LogP contribution >= 0.6 is 0 Å². The Balaban J connectivity index is 2.19. The molecule has 16 heavy (non-hydrogen) atoms. The summed E-state index contributed by atoms with van der Waals surface area (Å²) in [5.74, 6) is -0.385. The maximum absolute atomic E-state index is 10.8. The lowest BCUT2D eigenvalue weighted by Gasteiger charge is -2.14. The highest BCUT2D eigenvalue weighted by molar-refractivity contribution is 5.71. The number of hydrogen-bond donors (Lipinski definition) is 2. The molecule has 1 rings (SSSR count). The van der Waals surface area contributed by atoms with Crippen LogP contribution in [0.5, 0.6) is 0 Å². The van der Waals surface area contributed by atoms with Gasteiger partial charge in [0.05, 0.1) is 12.6 Å². The Morgan fingerprint density at radius 1 is 1.56 bits per heavy atom. The van der Waals surface area contributed by atoms with E-state index in [0.717, 1.165) is 12.8 Å². The average Bonchev–Trinajstić information content (AvgIpc) is 2.71. The van der Waals surface area contributed by atoms with Crippen molar-refractivity contribution in [2.24, 2.45) is 5.73 Å². The molecule has 0 aliphatic carbocycles. The summed E-state index contributed by atoms with van der Waals surface area (Å²) >= 11 is 0. The second-order valence-corrected chi connectivity index (χ2v) is 4.10. The van der Waals surface area contributed by atoms with Gasteiger partial charge in [-0.05, 0) is 32.9 Å². The zero-order chi connectivity index (χ0) is 12.0. The smallest absolute Gasteiger partial charge is 0.319 e. The van der Waals surface area contributed by atoms with E-state index in [-0.39, 0.29) is 24.8 Å². The van der Waals surface area contributed by atoms with Gasteiger partial charge in [-0.15, -0.1) is 0 Å². The van der Waals surface area contributed by atoms with Crippen LogP contribution in [0.15, 0.2) is 11.8 Å². The molecule has 0 spiro atoms. The fraction of sp³-hybridized carbons (Fsp3) is 0.727. The van der Waals surface area contributed by atoms with E-state index >= 15 is 0 Å². The van der Waals surface area contributed by atoms with Gasteiger partial charge < -0.3 is 20.5 Å². The molecule has 5 heteroatoms. The van der Waals surface area contributed by atoms with Crippen LogP contribution in [-0.2, 0) is 14.3 Å². The predicted octanol–water partition coefficient (Wildman–Crippen LogP) is 0.507. The van der Waals surface area contributed by atoms with E-state index in [1.165, 1.54) is 5.57 Å². The van der Waals surface area contributed by atoms with Gasteiger partial charge in [-0.25, -0.2) is 0 Å². The maximum Gasteiger partial charge on any atom is 0.319 e. The van der Waals surface area contributed by atoms with Crippen LogP contribution in [-0.4, -0.2) is 31.5 Å². The van der Waals surface area contributed by atoms with Crippen LogP contribution in [0.2, 0.25) is 0 Å². The van der Waals surface area contributed by atoms with Gasteiger partial charge in [0, 0.05) is 0 Å². The maximum atomic E-state index is 10.8. The van der Waals surface area contributed by atoms with Crippen molar-refractivity contribution in [2.45, 2.75) is 39.0 Å². The number of hydrogen-bond acceptors (Lipinski definition) is 5. The first-order chi connectivity index (χ1) is 7.61. The molecule has 0 aromatic heterocycles. The lowest BCUT2D eigenvalue weighted by Crippen LogP contribution is -2.27. The lowest BCUT2D eigenvalue weighted by atomic mass is 10.2. The summed E-state index contributed by atoms with van der Waals surface area (Å²) in [6.45, 7) is 4.25. The van der Waals surface area contributed by atoms with E-state index < -0.39 is 0 Å². The van der Waals surface area contributed by atoms with Gasteiger partial charge in [-0.2, -0.15) is 0 Å². The van der Waals surface area contributed by atoms with Gasteiger partial charge in [-0.3, -0.25) is 4.79 Å². The minimum atomic E-state index is -0.385. The van der Waals surface area contributed by atoms with E-state index in [9.17, 15) is 4.79 Å². The molecule has 2 unspecified atom stereocenters. The van der Waals surface area contributed by atoms with Crippen LogP contribution in [0.25, 0.3) is 0 Å². The number of ether oxygens (including phenoxy) is 2. The fourth-order valence-corrected chi connectivity index (χ4v) is 1.46. The molecule has 3 N–H and O–H groups in total. The van der Waals surface area contributed by atoms with Crippen molar-refractivity contribution in [3.05, 3.63) is 11.8 Å². The summed E-state index contributed by atoms with van der Waals surface area (Å²) in [6, 6.07) is 0. The van der Waals surface area contributed by atoms with Gasteiger partial charge >= 0.3 is 5.97 Å². The first-order valence-electron chi connectivity index (χ1n) is 5.52. The third-order valence-electron chi connectivity index (χ3n) is 2.26. The Kier molecular flexibility index (Phi) is 5.28. The second-order valence-electron chi connectivity index (χ2n) is 4.10. The second kappa shape index (κ2) is 6.50. The Morgan fingerprint density at radius 3 is 2.94 bits per heavy atom. The quantitative estimate of drug-likeness (QED) is 0.671. The third kappa shape index (κ3) is 4.63. The molecule has 1 saturated heterocycles. The van der Waals surface area contributed by atoms with Crippen LogP contribution < -0.4 is 11.1 Å². The molecule has 2 atom stereocenters. The molecule has 5 nitrogen and oxygen atoms in total. The Morgan fingerprint density at radius 2 is 2.31 bits per heavy atom. The number of esters is 1. The van der Waals surface area contributed by atoms with Crippen molar-refractivity contribution < 1.29 is 14.3 Å². The summed E-state index contributed by atoms with van der Waals surface area (Å²) in [5.41, 5.74) is 6.33. The largest absolute Gasteiger partial charge is 0.462 e. The van der Waals surface area contributed by atoms with Crippen molar-refractivity contribution in [1.29, 1.82) is 0 Å². The molecule has 92 valence electrons. The van der Waals surface area contributed by atoms with E-state index in [0.29, 0.717) is 6.61 Å². The van der Waals surface area contributed by atoms with Crippen molar-refractivity contribution in [3.63, 3.8) is 0 Å². The fourth-order valence-electron chi connectivity index (χ4n) is 1.46. The summed E-state index contributed by atoms with van der Waals surface area (Å²) in [4.78, 5) is 10.8. The summed E-state index contributed by atoms with van der Waals surface area (Å²) in [6.07, 6.45) is 3.76. The zero-order valence-corrected chi connectivity index (χ0v) is 9.86. The van der Waals surface area contributed by atoms with Crippen LogP contribution in [0.4, 0.5) is 0 Å². The van der Waals surface area contributed by atoms with E-state index in [1.54, 1.807) is 0 Å². The SMILES string of the molecule is CC(C)=CNC1CCC(COC(=O)CN)O1. The first-order valence-corrected chi connectivity index (χ1v) is 5.52. The zero-order valence-electron chi connectivity index (χ0n) is 9.86. The number of nitrogens with two attached hydrogens (primary N) is 1. The molecule has 0 bridgehead atoms. The Hall–Kier alpha value is -1.07.